The minimum absolute atomic E-state index is 0.0198. The Balaban J connectivity index is 2.07. The molecule has 3 rings (SSSR count). The van der Waals surface area contributed by atoms with Gasteiger partial charge in [-0.1, -0.05) is 6.07 Å². The van der Waals surface area contributed by atoms with Crippen LogP contribution in [-0.4, -0.2) is 47.1 Å². The molecule has 1 unspecified atom stereocenters. The highest BCUT2D eigenvalue weighted by Crippen LogP contribution is 2.27. The smallest absolute Gasteiger partial charge is 0.112 e. The fraction of sp³-hybridized carbons (Fsp3) is 0.462. The van der Waals surface area contributed by atoms with E-state index in [4.69, 9.17) is 4.74 Å². The van der Waals surface area contributed by atoms with Gasteiger partial charge in [-0.25, -0.2) is 4.98 Å². The molecule has 18 heavy (non-hydrogen) atoms. The SMILES string of the molecule is Cn1cnc2c(N3CCOCC3CO)cccc21. The minimum Gasteiger partial charge on any atom is -0.394 e. The second-order valence-corrected chi connectivity index (χ2v) is 4.61. The fourth-order valence-corrected chi connectivity index (χ4v) is 2.50. The predicted octanol–water partition coefficient (Wildman–Crippen LogP) is 0.771. The largest absolute Gasteiger partial charge is 0.394 e. The Morgan fingerprint density at radius 1 is 1.50 bits per heavy atom. The Labute approximate surface area is 106 Å². The van der Waals surface area contributed by atoms with E-state index >= 15 is 0 Å². The molecule has 0 bridgehead atoms. The van der Waals surface area contributed by atoms with Gasteiger partial charge in [0.25, 0.3) is 0 Å². The predicted molar refractivity (Wildman–Crippen MR) is 69.8 cm³/mol. The maximum atomic E-state index is 9.45. The molecule has 2 heterocycles. The van der Waals surface area contributed by atoms with Gasteiger partial charge in [0.2, 0.25) is 0 Å². The highest BCUT2D eigenvalue weighted by atomic mass is 16.5. The Bertz CT molecular complexity index is 552. The monoisotopic (exact) mass is 247 g/mol. The number of fused-ring (bicyclic) bond motifs is 1. The molecule has 1 aliphatic rings. The summed E-state index contributed by atoms with van der Waals surface area (Å²) in [5.41, 5.74) is 3.17. The van der Waals surface area contributed by atoms with E-state index in [1.54, 1.807) is 0 Å². The van der Waals surface area contributed by atoms with Gasteiger partial charge in [-0.2, -0.15) is 0 Å². The molecule has 0 aliphatic carbocycles. The van der Waals surface area contributed by atoms with Gasteiger partial charge in [0.1, 0.15) is 5.52 Å². The van der Waals surface area contributed by atoms with Crippen molar-refractivity contribution in [1.29, 1.82) is 0 Å². The summed E-state index contributed by atoms with van der Waals surface area (Å²) in [5, 5.41) is 9.45. The molecule has 5 nitrogen and oxygen atoms in total. The van der Waals surface area contributed by atoms with Crippen molar-refractivity contribution in [3.8, 4) is 0 Å². The van der Waals surface area contributed by atoms with E-state index in [0.29, 0.717) is 13.2 Å². The van der Waals surface area contributed by atoms with Gasteiger partial charge in [-0.05, 0) is 12.1 Å². The molecular formula is C13H17N3O2. The number of rotatable bonds is 2. The van der Waals surface area contributed by atoms with E-state index in [0.717, 1.165) is 23.3 Å². The second-order valence-electron chi connectivity index (χ2n) is 4.61. The number of morpholine rings is 1. The number of aromatic nitrogens is 2. The van der Waals surface area contributed by atoms with Crippen LogP contribution in [0.15, 0.2) is 24.5 Å². The van der Waals surface area contributed by atoms with E-state index in [-0.39, 0.29) is 12.6 Å². The number of aliphatic hydroxyl groups is 1. The lowest BCUT2D eigenvalue weighted by atomic mass is 10.1. The van der Waals surface area contributed by atoms with Crippen LogP contribution in [-0.2, 0) is 11.8 Å². The van der Waals surface area contributed by atoms with Crippen LogP contribution in [0.25, 0.3) is 11.0 Å². The van der Waals surface area contributed by atoms with E-state index in [2.05, 4.69) is 22.0 Å². The summed E-state index contributed by atoms with van der Waals surface area (Å²) in [6.07, 6.45) is 1.82. The molecule has 1 saturated heterocycles. The van der Waals surface area contributed by atoms with Crippen LogP contribution in [0.3, 0.4) is 0 Å². The lowest BCUT2D eigenvalue weighted by molar-refractivity contribution is 0.0728. The lowest BCUT2D eigenvalue weighted by Gasteiger charge is -2.36. The molecule has 0 saturated carbocycles. The van der Waals surface area contributed by atoms with Crippen LogP contribution in [0.5, 0.6) is 0 Å². The summed E-state index contributed by atoms with van der Waals surface area (Å²) in [7, 11) is 1.99. The lowest BCUT2D eigenvalue weighted by Crippen LogP contribution is -2.47. The fourth-order valence-electron chi connectivity index (χ4n) is 2.50. The number of aliphatic hydroxyl groups excluding tert-OH is 1. The third-order valence-corrected chi connectivity index (χ3v) is 3.48. The van der Waals surface area contributed by atoms with Crippen LogP contribution >= 0.6 is 0 Å². The van der Waals surface area contributed by atoms with Gasteiger partial charge in [-0.15, -0.1) is 0 Å². The van der Waals surface area contributed by atoms with Crippen LogP contribution in [0, 0.1) is 0 Å². The highest BCUT2D eigenvalue weighted by Gasteiger charge is 2.24. The Hall–Kier alpha value is -1.59. The van der Waals surface area contributed by atoms with Gasteiger partial charge in [0, 0.05) is 13.6 Å². The number of hydrogen-bond donors (Lipinski definition) is 1. The summed E-state index contributed by atoms with van der Waals surface area (Å²) in [6, 6.07) is 6.17. The van der Waals surface area contributed by atoms with Gasteiger partial charge in [0.05, 0.1) is 43.4 Å². The molecule has 0 spiro atoms. The second kappa shape index (κ2) is 4.59. The summed E-state index contributed by atoms with van der Waals surface area (Å²) >= 11 is 0. The van der Waals surface area contributed by atoms with E-state index in [1.807, 2.05) is 24.0 Å². The van der Waals surface area contributed by atoms with Gasteiger partial charge in [0.15, 0.2) is 0 Å². The molecule has 1 N–H and O–H groups in total. The van der Waals surface area contributed by atoms with Gasteiger partial charge >= 0.3 is 0 Å². The quantitative estimate of drug-likeness (QED) is 0.851. The van der Waals surface area contributed by atoms with Crippen molar-refractivity contribution in [3.63, 3.8) is 0 Å². The molecule has 2 aromatic rings. The first-order chi connectivity index (χ1) is 8.81. The number of nitrogens with zero attached hydrogens (tertiary/aromatic N) is 3. The molecule has 1 fully saturated rings. The number of anilines is 1. The van der Waals surface area contributed by atoms with Gasteiger partial charge < -0.3 is 19.3 Å². The van der Waals surface area contributed by atoms with Crippen LogP contribution < -0.4 is 4.90 Å². The zero-order valence-corrected chi connectivity index (χ0v) is 10.4. The Morgan fingerprint density at radius 3 is 3.22 bits per heavy atom. The van der Waals surface area contributed by atoms with Crippen LogP contribution in [0.2, 0.25) is 0 Å². The van der Waals surface area contributed by atoms with Crippen molar-refractivity contribution >= 4 is 16.7 Å². The summed E-state index contributed by atoms with van der Waals surface area (Å²) in [6.45, 7) is 2.16. The molecular weight excluding hydrogens is 230 g/mol. The average Bonchev–Trinajstić information content (AvgIpc) is 2.81. The maximum Gasteiger partial charge on any atom is 0.112 e. The van der Waals surface area contributed by atoms with Crippen molar-refractivity contribution < 1.29 is 9.84 Å². The van der Waals surface area contributed by atoms with Gasteiger partial charge in [-0.3, -0.25) is 0 Å². The molecule has 96 valence electrons. The number of aryl methyl sites for hydroxylation is 1. The Kier molecular flexibility index (Phi) is 2.93. The molecule has 1 aliphatic heterocycles. The van der Waals surface area contributed by atoms with Crippen molar-refractivity contribution in [2.45, 2.75) is 6.04 Å². The van der Waals surface area contributed by atoms with Crippen LogP contribution in [0.1, 0.15) is 0 Å². The first-order valence-corrected chi connectivity index (χ1v) is 6.16. The molecule has 1 atom stereocenters. The number of para-hydroxylation sites is 1. The normalized spacial score (nSPS) is 20.6. The van der Waals surface area contributed by atoms with E-state index < -0.39 is 0 Å². The maximum absolute atomic E-state index is 9.45. The van der Waals surface area contributed by atoms with E-state index in [1.165, 1.54) is 0 Å². The third kappa shape index (κ3) is 1.76. The first kappa shape index (κ1) is 11.5. The number of ether oxygens (including phenoxy) is 1. The summed E-state index contributed by atoms with van der Waals surface area (Å²) in [4.78, 5) is 6.65. The van der Waals surface area contributed by atoms with Crippen molar-refractivity contribution in [2.24, 2.45) is 7.05 Å². The van der Waals surface area contributed by atoms with Crippen molar-refractivity contribution in [2.75, 3.05) is 31.3 Å². The van der Waals surface area contributed by atoms with E-state index in [9.17, 15) is 5.11 Å². The number of imidazole rings is 1. The van der Waals surface area contributed by atoms with Crippen molar-refractivity contribution in [3.05, 3.63) is 24.5 Å². The molecule has 0 radical (unpaired) electrons. The zero-order valence-electron chi connectivity index (χ0n) is 10.4. The average molecular weight is 247 g/mol. The zero-order chi connectivity index (χ0) is 12.5. The minimum atomic E-state index is 0.0198. The number of benzene rings is 1. The first-order valence-electron chi connectivity index (χ1n) is 6.16. The van der Waals surface area contributed by atoms with Crippen molar-refractivity contribution in [1.82, 2.24) is 9.55 Å². The Morgan fingerprint density at radius 2 is 2.39 bits per heavy atom. The molecule has 1 aromatic heterocycles. The summed E-state index contributed by atoms with van der Waals surface area (Å²) < 4.78 is 7.42. The summed E-state index contributed by atoms with van der Waals surface area (Å²) in [5.74, 6) is 0. The van der Waals surface area contributed by atoms with Crippen LogP contribution in [0.4, 0.5) is 5.69 Å². The highest BCUT2D eigenvalue weighted by molar-refractivity contribution is 5.89. The topological polar surface area (TPSA) is 50.5 Å². The molecule has 0 amide bonds. The molecule has 1 aromatic carbocycles. The third-order valence-electron chi connectivity index (χ3n) is 3.48. The molecule has 5 heteroatoms. The number of hydrogen-bond acceptors (Lipinski definition) is 4. The standard InChI is InChI=1S/C13H17N3O2/c1-15-9-14-13-11(15)3-2-4-12(13)16-5-6-18-8-10(16)7-17/h2-4,9-10,17H,5-8H2,1H3.